The average Bonchev–Trinajstić information content (AvgIpc) is 2.88. The minimum atomic E-state index is 0.467. The highest BCUT2D eigenvalue weighted by Crippen LogP contribution is 2.27. The topological polar surface area (TPSA) is 39.1 Å². The molecule has 0 amide bonds. The van der Waals surface area contributed by atoms with Crippen molar-refractivity contribution in [2.24, 2.45) is 0 Å². The number of aryl methyl sites for hydroxylation is 1. The summed E-state index contributed by atoms with van der Waals surface area (Å²) >= 11 is 0. The average molecular weight is 237 g/mol. The molecule has 2 fully saturated rings. The van der Waals surface area contributed by atoms with E-state index in [9.17, 15) is 0 Å². The van der Waals surface area contributed by atoms with Crippen molar-refractivity contribution in [3.8, 4) is 0 Å². The van der Waals surface area contributed by atoms with Crippen molar-refractivity contribution in [2.45, 2.75) is 39.2 Å². The van der Waals surface area contributed by atoms with Gasteiger partial charge in [0.25, 0.3) is 0 Å². The fourth-order valence-corrected chi connectivity index (χ4v) is 2.35. The predicted octanol–water partition coefficient (Wildman–Crippen LogP) is 1.87. The lowest BCUT2D eigenvalue weighted by molar-refractivity contribution is 0.183. The third kappa shape index (κ3) is 2.53. The van der Waals surface area contributed by atoms with Crippen LogP contribution in [-0.4, -0.2) is 36.1 Å². The molecule has 2 saturated heterocycles. The maximum Gasteiger partial charge on any atom is 0.0777 e. The van der Waals surface area contributed by atoms with Gasteiger partial charge in [0.1, 0.15) is 0 Å². The highest BCUT2D eigenvalue weighted by atomic mass is 16.5. The standard InChI is InChI=1S/C11H17N3O.C2H6/c1-8-4-11(9-5-12-6-9)14(13-8)10-2-3-15-7-10;1-2/h4,9-10,12H,2-3,5-7H2,1H3;1-2H3. The predicted molar refractivity (Wildman–Crippen MR) is 68.4 cm³/mol. The molecule has 0 radical (unpaired) electrons. The number of nitrogens with zero attached hydrogens (tertiary/aromatic N) is 2. The molecular formula is C13H23N3O. The van der Waals surface area contributed by atoms with Gasteiger partial charge in [-0.1, -0.05) is 13.8 Å². The fourth-order valence-electron chi connectivity index (χ4n) is 2.35. The van der Waals surface area contributed by atoms with Crippen molar-refractivity contribution in [1.29, 1.82) is 0 Å². The first-order chi connectivity index (χ1) is 8.34. The summed E-state index contributed by atoms with van der Waals surface area (Å²) < 4.78 is 7.63. The molecule has 1 atom stereocenters. The molecule has 1 aromatic rings. The van der Waals surface area contributed by atoms with Gasteiger partial charge in [0.15, 0.2) is 0 Å². The zero-order valence-electron chi connectivity index (χ0n) is 11.1. The molecule has 4 nitrogen and oxygen atoms in total. The Balaban J connectivity index is 0.000000514. The molecule has 4 heteroatoms. The lowest BCUT2D eigenvalue weighted by Gasteiger charge is -2.28. The molecule has 3 heterocycles. The van der Waals surface area contributed by atoms with Crippen molar-refractivity contribution in [3.05, 3.63) is 17.5 Å². The van der Waals surface area contributed by atoms with Crippen LogP contribution in [0.5, 0.6) is 0 Å². The second kappa shape index (κ2) is 5.65. The van der Waals surface area contributed by atoms with E-state index >= 15 is 0 Å². The first kappa shape index (κ1) is 12.6. The zero-order chi connectivity index (χ0) is 12.3. The van der Waals surface area contributed by atoms with Crippen LogP contribution >= 0.6 is 0 Å². The minimum absolute atomic E-state index is 0.467. The van der Waals surface area contributed by atoms with Gasteiger partial charge in [-0.25, -0.2) is 0 Å². The molecule has 0 spiro atoms. The van der Waals surface area contributed by atoms with Crippen molar-refractivity contribution < 1.29 is 4.74 Å². The quantitative estimate of drug-likeness (QED) is 0.853. The monoisotopic (exact) mass is 237 g/mol. The Morgan fingerprint density at radius 3 is 2.71 bits per heavy atom. The number of ether oxygens (including phenoxy) is 1. The maximum absolute atomic E-state index is 5.43. The van der Waals surface area contributed by atoms with Gasteiger partial charge in [-0.15, -0.1) is 0 Å². The summed E-state index contributed by atoms with van der Waals surface area (Å²) in [6.07, 6.45) is 1.11. The van der Waals surface area contributed by atoms with E-state index < -0.39 is 0 Å². The second-order valence-corrected chi connectivity index (χ2v) is 4.53. The summed E-state index contributed by atoms with van der Waals surface area (Å²) in [5.74, 6) is 0.659. The van der Waals surface area contributed by atoms with Crippen LogP contribution in [-0.2, 0) is 4.74 Å². The summed E-state index contributed by atoms with van der Waals surface area (Å²) in [7, 11) is 0. The van der Waals surface area contributed by atoms with Crippen LogP contribution in [0.15, 0.2) is 6.07 Å². The van der Waals surface area contributed by atoms with E-state index in [-0.39, 0.29) is 0 Å². The SMILES string of the molecule is CC.Cc1cc(C2CNC2)n(C2CCOC2)n1. The molecule has 96 valence electrons. The van der Waals surface area contributed by atoms with Gasteiger partial charge in [0.05, 0.1) is 18.3 Å². The highest BCUT2D eigenvalue weighted by molar-refractivity contribution is 5.18. The van der Waals surface area contributed by atoms with Gasteiger partial charge in [-0.05, 0) is 19.4 Å². The van der Waals surface area contributed by atoms with E-state index in [2.05, 4.69) is 28.1 Å². The van der Waals surface area contributed by atoms with Crippen molar-refractivity contribution in [2.75, 3.05) is 26.3 Å². The van der Waals surface area contributed by atoms with E-state index in [4.69, 9.17) is 4.74 Å². The molecule has 2 aliphatic rings. The highest BCUT2D eigenvalue weighted by Gasteiger charge is 2.28. The van der Waals surface area contributed by atoms with Crippen molar-refractivity contribution >= 4 is 0 Å². The van der Waals surface area contributed by atoms with Crippen molar-refractivity contribution in [3.63, 3.8) is 0 Å². The molecule has 1 N–H and O–H groups in total. The normalized spacial score (nSPS) is 24.1. The van der Waals surface area contributed by atoms with E-state index in [1.54, 1.807) is 0 Å². The number of aromatic nitrogens is 2. The van der Waals surface area contributed by atoms with E-state index in [1.165, 1.54) is 5.69 Å². The van der Waals surface area contributed by atoms with Gasteiger partial charge in [0.2, 0.25) is 0 Å². The van der Waals surface area contributed by atoms with Gasteiger partial charge in [0, 0.05) is 31.3 Å². The summed E-state index contributed by atoms with van der Waals surface area (Å²) in [5, 5.41) is 7.92. The van der Waals surface area contributed by atoms with Crippen LogP contribution in [0.2, 0.25) is 0 Å². The Morgan fingerprint density at radius 1 is 1.41 bits per heavy atom. The third-order valence-corrected chi connectivity index (χ3v) is 3.34. The summed E-state index contributed by atoms with van der Waals surface area (Å²) in [6, 6.07) is 2.69. The lowest BCUT2D eigenvalue weighted by atomic mass is 9.98. The van der Waals surface area contributed by atoms with Crippen LogP contribution in [0.25, 0.3) is 0 Å². The number of hydrogen-bond donors (Lipinski definition) is 1. The van der Waals surface area contributed by atoms with E-state index in [0.717, 1.165) is 38.4 Å². The minimum Gasteiger partial charge on any atom is -0.379 e. The summed E-state index contributed by atoms with van der Waals surface area (Å²) in [6.45, 7) is 9.97. The second-order valence-electron chi connectivity index (χ2n) is 4.53. The van der Waals surface area contributed by atoms with Gasteiger partial charge in [-0.3, -0.25) is 4.68 Å². The molecule has 0 aliphatic carbocycles. The molecule has 0 aromatic carbocycles. The number of hydrogen-bond acceptors (Lipinski definition) is 3. The van der Waals surface area contributed by atoms with Crippen LogP contribution in [0, 0.1) is 6.92 Å². The van der Waals surface area contributed by atoms with Crippen LogP contribution < -0.4 is 5.32 Å². The zero-order valence-corrected chi connectivity index (χ0v) is 11.1. The first-order valence-corrected chi connectivity index (χ1v) is 6.69. The molecule has 17 heavy (non-hydrogen) atoms. The van der Waals surface area contributed by atoms with Crippen LogP contribution in [0.1, 0.15) is 43.6 Å². The molecule has 0 saturated carbocycles. The largest absolute Gasteiger partial charge is 0.379 e. The fraction of sp³-hybridized carbons (Fsp3) is 0.769. The Hall–Kier alpha value is -0.870. The van der Waals surface area contributed by atoms with Crippen LogP contribution in [0.3, 0.4) is 0 Å². The van der Waals surface area contributed by atoms with Gasteiger partial charge in [-0.2, -0.15) is 5.10 Å². The van der Waals surface area contributed by atoms with Crippen molar-refractivity contribution in [1.82, 2.24) is 15.1 Å². The molecule has 1 unspecified atom stereocenters. The van der Waals surface area contributed by atoms with E-state index in [0.29, 0.717) is 12.0 Å². The molecule has 2 aliphatic heterocycles. The van der Waals surface area contributed by atoms with Gasteiger partial charge >= 0.3 is 0 Å². The third-order valence-electron chi connectivity index (χ3n) is 3.34. The maximum atomic E-state index is 5.43. The smallest absolute Gasteiger partial charge is 0.0777 e. The Morgan fingerprint density at radius 2 is 2.18 bits per heavy atom. The molecule has 1 aromatic heterocycles. The lowest BCUT2D eigenvalue weighted by Crippen LogP contribution is -2.41. The molecule has 0 bridgehead atoms. The Bertz CT molecular complexity index is 352. The summed E-state index contributed by atoms with van der Waals surface area (Å²) in [5.41, 5.74) is 2.52. The number of nitrogens with one attached hydrogen (secondary N) is 1. The van der Waals surface area contributed by atoms with Crippen LogP contribution in [0.4, 0.5) is 0 Å². The molecular weight excluding hydrogens is 214 g/mol. The molecule has 3 rings (SSSR count). The van der Waals surface area contributed by atoms with Gasteiger partial charge < -0.3 is 10.1 Å². The first-order valence-electron chi connectivity index (χ1n) is 6.69. The number of rotatable bonds is 2. The summed E-state index contributed by atoms with van der Waals surface area (Å²) in [4.78, 5) is 0. The Kier molecular flexibility index (Phi) is 4.18. The Labute approximate surface area is 103 Å². The van der Waals surface area contributed by atoms with E-state index in [1.807, 2.05) is 13.8 Å².